The third-order valence-corrected chi connectivity index (χ3v) is 17.4. The number of ether oxygens (including phenoxy) is 6. The Labute approximate surface area is 552 Å². The van der Waals surface area contributed by atoms with E-state index in [-0.39, 0.29) is 18.9 Å². The van der Waals surface area contributed by atoms with Crippen molar-refractivity contribution in [2.45, 2.75) is 343 Å². The van der Waals surface area contributed by atoms with Crippen LogP contribution in [-0.2, 0) is 33.2 Å². The number of aliphatic hydroxyl groups is 11. The summed E-state index contributed by atoms with van der Waals surface area (Å²) in [7, 11) is 0. The Kier molecular flexibility index (Phi) is 48.9. The number of hydrogen-bond acceptors (Lipinski definition) is 18. The quantitative estimate of drug-likeness (QED) is 0.0199. The molecule has 0 saturated carbocycles. The number of amides is 1. The molecular formula is C73H127NO18. The van der Waals surface area contributed by atoms with Gasteiger partial charge in [-0.2, -0.15) is 0 Å². The molecule has 3 heterocycles. The lowest BCUT2D eigenvalue weighted by Crippen LogP contribution is -2.66. The summed E-state index contributed by atoms with van der Waals surface area (Å²) in [5.41, 5.74) is 0. The van der Waals surface area contributed by atoms with Crippen molar-refractivity contribution in [2.75, 3.05) is 26.4 Å². The van der Waals surface area contributed by atoms with Crippen LogP contribution < -0.4 is 5.32 Å². The second-order valence-electron chi connectivity index (χ2n) is 25.3. The topological polar surface area (TPSA) is 307 Å². The molecule has 12 N–H and O–H groups in total. The molecule has 17 atom stereocenters. The zero-order chi connectivity index (χ0) is 66.8. The summed E-state index contributed by atoms with van der Waals surface area (Å²) in [6, 6.07) is -0.972. The molecule has 3 fully saturated rings. The van der Waals surface area contributed by atoms with E-state index < -0.39 is 124 Å². The molecular weight excluding hydrogens is 1180 g/mol. The number of nitrogens with one attached hydrogen (secondary N) is 1. The third kappa shape index (κ3) is 35.3. The smallest absolute Gasteiger partial charge is 0.220 e. The van der Waals surface area contributed by atoms with Crippen LogP contribution in [0.1, 0.15) is 239 Å². The van der Waals surface area contributed by atoms with E-state index in [4.69, 9.17) is 28.4 Å². The van der Waals surface area contributed by atoms with Crippen molar-refractivity contribution < 1.29 is 89.4 Å². The fourth-order valence-corrected chi connectivity index (χ4v) is 11.7. The fraction of sp³-hybridized carbons (Fsp3) is 0.795. The van der Waals surface area contributed by atoms with E-state index in [0.717, 1.165) is 89.9 Å². The Morgan fingerprint density at radius 3 is 1.17 bits per heavy atom. The van der Waals surface area contributed by atoms with Gasteiger partial charge in [-0.25, -0.2) is 0 Å². The molecule has 0 aromatic heterocycles. The molecule has 0 aliphatic carbocycles. The van der Waals surface area contributed by atoms with Crippen molar-refractivity contribution in [2.24, 2.45) is 0 Å². The molecule has 3 aliphatic heterocycles. The van der Waals surface area contributed by atoms with Gasteiger partial charge >= 0.3 is 0 Å². The highest BCUT2D eigenvalue weighted by molar-refractivity contribution is 5.76. The first-order valence-corrected chi connectivity index (χ1v) is 35.8. The number of rotatable bonds is 54. The van der Waals surface area contributed by atoms with Crippen molar-refractivity contribution in [1.29, 1.82) is 0 Å². The Morgan fingerprint density at radius 2 is 0.750 bits per heavy atom. The monoisotopic (exact) mass is 1310 g/mol. The molecule has 3 saturated heterocycles. The van der Waals surface area contributed by atoms with Crippen molar-refractivity contribution in [3.63, 3.8) is 0 Å². The third-order valence-electron chi connectivity index (χ3n) is 17.4. The van der Waals surface area contributed by atoms with Gasteiger partial charge in [-0.05, 0) is 70.6 Å². The molecule has 92 heavy (non-hydrogen) atoms. The first-order valence-electron chi connectivity index (χ1n) is 35.8. The van der Waals surface area contributed by atoms with Gasteiger partial charge in [0, 0.05) is 6.42 Å². The zero-order valence-electron chi connectivity index (χ0n) is 56.3. The lowest BCUT2D eigenvalue weighted by Gasteiger charge is -2.48. The molecule has 19 nitrogen and oxygen atoms in total. The summed E-state index contributed by atoms with van der Waals surface area (Å²) in [6.07, 6.45) is 43.4. The summed E-state index contributed by atoms with van der Waals surface area (Å²) in [4.78, 5) is 13.3. The number of hydrogen-bond donors (Lipinski definition) is 12. The molecule has 0 aromatic rings. The first-order chi connectivity index (χ1) is 44.8. The first kappa shape index (κ1) is 83.2. The highest BCUT2D eigenvalue weighted by atomic mass is 16.8. The maximum Gasteiger partial charge on any atom is 0.220 e. The standard InChI is InChI=1S/C73H127NO18/c1-3-5-7-9-11-13-14-15-16-17-18-19-20-21-22-23-24-25-26-27-28-29-30-31-32-33-34-35-36-37-38-39-40-41-42-43-45-47-49-51-61(79)74-56(57(78)50-48-46-44-12-10-8-6-4-2)55-87-71-67(85)64(82)69(59(53-76)89-71)92-73-68(86)65(83)70(60(54-77)90-73)91-72-66(84)63(81)62(80)58(52-75)88-72/h5,7,11,13,15-16,18-19,21-22,24-25,48,50,56-60,62-73,75-78,80-86H,3-4,6,8-10,12,14,17,20,23,26-47,49,51-55H2,1-2H3,(H,74,79)/b7-5-,13-11-,16-15-,19-18-,22-21-,25-24-,50-48+. The van der Waals surface area contributed by atoms with Gasteiger partial charge in [0.25, 0.3) is 0 Å². The van der Waals surface area contributed by atoms with E-state index in [1.807, 2.05) is 6.08 Å². The average Bonchev–Trinajstić information content (AvgIpc) is 0.830. The van der Waals surface area contributed by atoms with Gasteiger partial charge in [0.05, 0.1) is 38.6 Å². The molecule has 17 unspecified atom stereocenters. The second-order valence-corrected chi connectivity index (χ2v) is 25.3. The van der Waals surface area contributed by atoms with Crippen LogP contribution in [0.25, 0.3) is 0 Å². The normalized spacial score (nSPS) is 28.2. The number of unbranched alkanes of at least 4 members (excludes halogenated alkanes) is 26. The summed E-state index contributed by atoms with van der Waals surface area (Å²) in [5, 5.41) is 120. The van der Waals surface area contributed by atoms with Gasteiger partial charge < -0.3 is 89.9 Å². The van der Waals surface area contributed by atoms with Crippen molar-refractivity contribution in [3.8, 4) is 0 Å². The molecule has 1 amide bonds. The highest BCUT2D eigenvalue weighted by Crippen LogP contribution is 2.33. The SMILES string of the molecule is CC/C=C\C/C=C\C/C=C\C/C=C\C/C=C\C/C=C\CCCCCCCCCCCCCCCCCCCCCCC(=O)NC(COC1OC(CO)C(OC2OC(CO)C(OC3OC(CO)C(O)C(O)C3O)C(O)C2O)C(O)C1O)C(O)/C=C/CCCCCCCC. The Bertz CT molecular complexity index is 2000. The second kappa shape index (κ2) is 54.0. The molecule has 0 bridgehead atoms. The minimum absolute atomic E-state index is 0.242. The lowest BCUT2D eigenvalue weighted by molar-refractivity contribution is -0.379. The average molecular weight is 1310 g/mol. The lowest BCUT2D eigenvalue weighted by atomic mass is 9.96. The fourth-order valence-electron chi connectivity index (χ4n) is 11.7. The maximum atomic E-state index is 13.3. The molecule has 532 valence electrons. The van der Waals surface area contributed by atoms with Crippen LogP contribution in [0.2, 0.25) is 0 Å². The van der Waals surface area contributed by atoms with Gasteiger partial charge in [0.1, 0.15) is 73.2 Å². The molecule has 19 heteroatoms. The molecule has 3 aliphatic rings. The van der Waals surface area contributed by atoms with Crippen molar-refractivity contribution in [3.05, 3.63) is 85.1 Å². The van der Waals surface area contributed by atoms with Crippen LogP contribution in [0.15, 0.2) is 85.1 Å². The summed E-state index contributed by atoms with van der Waals surface area (Å²) >= 11 is 0. The van der Waals surface area contributed by atoms with E-state index in [1.165, 1.54) is 122 Å². The van der Waals surface area contributed by atoms with Crippen LogP contribution in [0.3, 0.4) is 0 Å². The zero-order valence-corrected chi connectivity index (χ0v) is 56.3. The van der Waals surface area contributed by atoms with E-state index in [9.17, 15) is 61.0 Å². The van der Waals surface area contributed by atoms with Crippen LogP contribution in [0.4, 0.5) is 0 Å². The Balaban J connectivity index is 1.26. The predicted molar refractivity (Wildman–Crippen MR) is 360 cm³/mol. The van der Waals surface area contributed by atoms with Crippen LogP contribution in [-0.4, -0.2) is 193 Å². The predicted octanol–water partition coefficient (Wildman–Crippen LogP) is 9.88. The Morgan fingerprint density at radius 1 is 0.402 bits per heavy atom. The van der Waals surface area contributed by atoms with Crippen molar-refractivity contribution in [1.82, 2.24) is 5.32 Å². The van der Waals surface area contributed by atoms with Gasteiger partial charge in [0.15, 0.2) is 18.9 Å². The Hall–Kier alpha value is -3.03. The van der Waals surface area contributed by atoms with Gasteiger partial charge in [-0.1, -0.05) is 247 Å². The van der Waals surface area contributed by atoms with Gasteiger partial charge in [-0.3, -0.25) is 4.79 Å². The number of carbonyl (C=O) groups is 1. The molecule has 0 spiro atoms. The molecule has 0 aromatic carbocycles. The molecule has 3 rings (SSSR count). The van der Waals surface area contributed by atoms with Gasteiger partial charge in [-0.15, -0.1) is 0 Å². The van der Waals surface area contributed by atoms with Gasteiger partial charge in [0.2, 0.25) is 5.91 Å². The minimum atomic E-state index is -1.98. The number of aliphatic hydroxyl groups excluding tert-OH is 11. The number of allylic oxidation sites excluding steroid dienone is 13. The van der Waals surface area contributed by atoms with Crippen LogP contribution in [0, 0.1) is 0 Å². The minimum Gasteiger partial charge on any atom is -0.394 e. The van der Waals surface area contributed by atoms with E-state index >= 15 is 0 Å². The van der Waals surface area contributed by atoms with E-state index in [2.05, 4.69) is 92.1 Å². The highest BCUT2D eigenvalue weighted by Gasteiger charge is 2.53. The number of carbonyl (C=O) groups excluding carboxylic acids is 1. The maximum absolute atomic E-state index is 13.3. The summed E-state index contributed by atoms with van der Waals surface area (Å²) in [6.45, 7) is 1.55. The van der Waals surface area contributed by atoms with E-state index in [1.54, 1.807) is 6.08 Å². The summed E-state index contributed by atoms with van der Waals surface area (Å²) < 4.78 is 34.2. The molecule has 0 radical (unpaired) electrons. The van der Waals surface area contributed by atoms with Crippen molar-refractivity contribution >= 4 is 5.91 Å². The summed E-state index contributed by atoms with van der Waals surface area (Å²) in [5.74, 6) is -0.279. The largest absolute Gasteiger partial charge is 0.394 e. The van der Waals surface area contributed by atoms with Crippen LogP contribution in [0.5, 0.6) is 0 Å². The van der Waals surface area contributed by atoms with E-state index in [0.29, 0.717) is 6.42 Å². The van der Waals surface area contributed by atoms with Crippen LogP contribution >= 0.6 is 0 Å².